The smallest absolute Gasteiger partial charge is 0.261 e. The predicted molar refractivity (Wildman–Crippen MR) is 85.4 cm³/mol. The van der Waals surface area contributed by atoms with Crippen LogP contribution in [-0.4, -0.2) is 15.0 Å². The largest absolute Gasteiger partial charge is 0.384 e. The Morgan fingerprint density at radius 3 is 2.76 bits per heavy atom. The summed E-state index contributed by atoms with van der Waals surface area (Å²) < 4.78 is 27.7. The van der Waals surface area contributed by atoms with E-state index in [9.17, 15) is 8.42 Å². The summed E-state index contributed by atoms with van der Waals surface area (Å²) in [5.41, 5.74) is 4.72. The van der Waals surface area contributed by atoms with Crippen LogP contribution in [0.2, 0.25) is 0 Å². The van der Waals surface area contributed by atoms with Gasteiger partial charge in [0.1, 0.15) is 0 Å². The third-order valence-corrected chi connectivity index (χ3v) is 5.31. The van der Waals surface area contributed by atoms with Crippen molar-refractivity contribution in [1.29, 1.82) is 0 Å². The molecule has 2 N–H and O–H groups in total. The van der Waals surface area contributed by atoms with E-state index < -0.39 is 10.0 Å². The Morgan fingerprint density at radius 2 is 1.95 bits per heavy atom. The normalized spacial score (nSPS) is 13.6. The highest BCUT2D eigenvalue weighted by molar-refractivity contribution is 7.92. The molecule has 0 amide bonds. The Hall–Kier alpha value is -2.01. The maximum atomic E-state index is 12.5. The molecule has 0 atom stereocenters. The summed E-state index contributed by atoms with van der Waals surface area (Å²) in [7, 11) is -3.56. The molecule has 1 aliphatic rings. The van der Waals surface area contributed by atoms with Crippen LogP contribution in [0.25, 0.3) is 0 Å². The van der Waals surface area contributed by atoms with E-state index in [4.69, 9.17) is 0 Å². The van der Waals surface area contributed by atoms with Gasteiger partial charge in [0.05, 0.1) is 10.6 Å². The lowest BCUT2D eigenvalue weighted by Gasteiger charge is -2.13. The number of anilines is 2. The van der Waals surface area contributed by atoms with E-state index in [0.717, 1.165) is 29.8 Å². The average Bonchev–Trinajstić information content (AvgIpc) is 2.91. The first-order chi connectivity index (χ1) is 9.97. The number of nitrogens with one attached hydrogen (secondary N) is 2. The Bertz CT molecular complexity index is 798. The first-order valence-corrected chi connectivity index (χ1v) is 8.41. The molecule has 2 aromatic rings. The second-order valence-electron chi connectivity index (χ2n) is 5.35. The standard InChI is InChI=1S/C16H18N2O2S/c1-11-4-3-5-15(12(11)2)18-21(19,20)14-7-6-13-8-9-17-16(13)10-14/h3-7,10,17-18H,8-9H2,1-2H3. The van der Waals surface area contributed by atoms with Gasteiger partial charge in [-0.25, -0.2) is 8.42 Å². The van der Waals surface area contributed by atoms with Crippen LogP contribution >= 0.6 is 0 Å². The molecule has 110 valence electrons. The van der Waals surface area contributed by atoms with Crippen molar-refractivity contribution in [3.8, 4) is 0 Å². The van der Waals surface area contributed by atoms with Crippen molar-refractivity contribution in [2.75, 3.05) is 16.6 Å². The van der Waals surface area contributed by atoms with Gasteiger partial charge in [-0.3, -0.25) is 4.72 Å². The topological polar surface area (TPSA) is 58.2 Å². The summed E-state index contributed by atoms with van der Waals surface area (Å²) in [5.74, 6) is 0. The molecule has 0 saturated carbocycles. The van der Waals surface area contributed by atoms with Crippen LogP contribution in [0.3, 0.4) is 0 Å². The lowest BCUT2D eigenvalue weighted by Crippen LogP contribution is -2.14. The zero-order valence-electron chi connectivity index (χ0n) is 12.1. The van der Waals surface area contributed by atoms with E-state index in [1.165, 1.54) is 5.56 Å². The Balaban J connectivity index is 1.96. The highest BCUT2D eigenvalue weighted by Crippen LogP contribution is 2.27. The van der Waals surface area contributed by atoms with Gasteiger partial charge in [-0.1, -0.05) is 18.2 Å². The van der Waals surface area contributed by atoms with Crippen LogP contribution in [0.4, 0.5) is 11.4 Å². The second kappa shape index (κ2) is 5.07. The molecule has 0 fully saturated rings. The van der Waals surface area contributed by atoms with Crippen LogP contribution in [0, 0.1) is 13.8 Å². The summed E-state index contributed by atoms with van der Waals surface area (Å²) in [5, 5.41) is 3.20. The van der Waals surface area contributed by atoms with E-state index in [1.54, 1.807) is 18.2 Å². The summed E-state index contributed by atoms with van der Waals surface area (Å²) in [4.78, 5) is 0.288. The summed E-state index contributed by atoms with van der Waals surface area (Å²) in [6.45, 7) is 4.74. The number of benzene rings is 2. The van der Waals surface area contributed by atoms with Crippen molar-refractivity contribution in [1.82, 2.24) is 0 Å². The Kier molecular flexibility index (Phi) is 3.37. The monoisotopic (exact) mass is 302 g/mol. The Labute approximate surface area is 125 Å². The van der Waals surface area contributed by atoms with Gasteiger partial charge >= 0.3 is 0 Å². The van der Waals surface area contributed by atoms with Crippen LogP contribution in [0.15, 0.2) is 41.3 Å². The van der Waals surface area contributed by atoms with Gasteiger partial charge in [0.2, 0.25) is 0 Å². The minimum Gasteiger partial charge on any atom is -0.384 e. The number of hydrogen-bond donors (Lipinski definition) is 2. The van der Waals surface area contributed by atoms with Gasteiger partial charge in [-0.05, 0) is 55.2 Å². The quantitative estimate of drug-likeness (QED) is 0.916. The maximum Gasteiger partial charge on any atom is 0.261 e. The van der Waals surface area contributed by atoms with Crippen molar-refractivity contribution in [2.45, 2.75) is 25.2 Å². The third-order valence-electron chi connectivity index (χ3n) is 3.95. The molecular formula is C16H18N2O2S. The minimum absolute atomic E-state index is 0.288. The molecular weight excluding hydrogens is 284 g/mol. The molecule has 0 radical (unpaired) electrons. The predicted octanol–water partition coefficient (Wildman–Crippen LogP) is 3.07. The van der Waals surface area contributed by atoms with Gasteiger partial charge in [0, 0.05) is 12.2 Å². The highest BCUT2D eigenvalue weighted by atomic mass is 32.2. The maximum absolute atomic E-state index is 12.5. The molecule has 0 aromatic heterocycles. The fourth-order valence-corrected chi connectivity index (χ4v) is 3.65. The van der Waals surface area contributed by atoms with Gasteiger partial charge in [-0.2, -0.15) is 0 Å². The molecule has 5 heteroatoms. The summed E-state index contributed by atoms with van der Waals surface area (Å²) in [6, 6.07) is 10.9. The summed E-state index contributed by atoms with van der Waals surface area (Å²) >= 11 is 0. The number of aryl methyl sites for hydroxylation is 1. The van der Waals surface area contributed by atoms with Crippen molar-refractivity contribution >= 4 is 21.4 Å². The number of fused-ring (bicyclic) bond motifs is 1. The third kappa shape index (κ3) is 2.61. The molecule has 0 bridgehead atoms. The number of rotatable bonds is 3. The van der Waals surface area contributed by atoms with Crippen LogP contribution in [0.5, 0.6) is 0 Å². The molecule has 1 heterocycles. The van der Waals surface area contributed by atoms with Crippen molar-refractivity contribution in [3.05, 3.63) is 53.1 Å². The first-order valence-electron chi connectivity index (χ1n) is 6.93. The van der Waals surface area contributed by atoms with Crippen LogP contribution in [-0.2, 0) is 16.4 Å². The van der Waals surface area contributed by atoms with Crippen molar-refractivity contribution in [2.24, 2.45) is 0 Å². The molecule has 3 rings (SSSR count). The zero-order valence-corrected chi connectivity index (χ0v) is 12.9. The first kappa shape index (κ1) is 13.9. The highest BCUT2D eigenvalue weighted by Gasteiger charge is 2.19. The fourth-order valence-electron chi connectivity index (χ4n) is 2.50. The van der Waals surface area contributed by atoms with Gasteiger partial charge in [0.25, 0.3) is 10.0 Å². The number of sulfonamides is 1. The van der Waals surface area contributed by atoms with E-state index >= 15 is 0 Å². The van der Waals surface area contributed by atoms with Crippen molar-refractivity contribution < 1.29 is 8.42 Å². The Morgan fingerprint density at radius 1 is 1.14 bits per heavy atom. The lowest BCUT2D eigenvalue weighted by atomic mass is 10.1. The molecule has 0 saturated heterocycles. The second-order valence-corrected chi connectivity index (χ2v) is 7.03. The van der Waals surface area contributed by atoms with E-state index in [-0.39, 0.29) is 4.90 Å². The van der Waals surface area contributed by atoms with Crippen LogP contribution < -0.4 is 10.0 Å². The van der Waals surface area contributed by atoms with Gasteiger partial charge < -0.3 is 5.32 Å². The van der Waals surface area contributed by atoms with E-state index in [0.29, 0.717) is 5.69 Å². The molecule has 21 heavy (non-hydrogen) atoms. The summed E-state index contributed by atoms with van der Waals surface area (Å²) in [6.07, 6.45) is 0.945. The molecule has 0 aliphatic carbocycles. The van der Waals surface area contributed by atoms with Crippen molar-refractivity contribution in [3.63, 3.8) is 0 Å². The molecule has 0 spiro atoms. The van der Waals surface area contributed by atoms with E-state index in [2.05, 4.69) is 10.0 Å². The molecule has 4 nitrogen and oxygen atoms in total. The zero-order chi connectivity index (χ0) is 15.0. The molecule has 1 aliphatic heterocycles. The van der Waals surface area contributed by atoms with Crippen LogP contribution in [0.1, 0.15) is 16.7 Å². The molecule has 0 unspecified atom stereocenters. The van der Waals surface area contributed by atoms with E-state index in [1.807, 2.05) is 32.0 Å². The van der Waals surface area contributed by atoms with Gasteiger partial charge in [0.15, 0.2) is 0 Å². The fraction of sp³-hybridized carbons (Fsp3) is 0.250. The minimum atomic E-state index is -3.56. The number of hydrogen-bond acceptors (Lipinski definition) is 3. The average molecular weight is 302 g/mol. The lowest BCUT2D eigenvalue weighted by molar-refractivity contribution is 0.601. The SMILES string of the molecule is Cc1cccc(NS(=O)(=O)c2ccc3c(c2)NCC3)c1C. The van der Waals surface area contributed by atoms with Gasteiger partial charge in [-0.15, -0.1) is 0 Å². The molecule has 2 aromatic carbocycles.